The number of nitrogens with one attached hydrogen (secondary N) is 1. The van der Waals surface area contributed by atoms with Gasteiger partial charge in [0.05, 0.1) is 11.3 Å². The van der Waals surface area contributed by atoms with Gasteiger partial charge in [-0.05, 0) is 49.4 Å². The first-order chi connectivity index (χ1) is 15.6. The minimum Gasteiger partial charge on any atom is -0.478 e. The van der Waals surface area contributed by atoms with Gasteiger partial charge in [-0.3, -0.25) is 4.98 Å². The zero-order chi connectivity index (χ0) is 24.6. The third-order valence-corrected chi connectivity index (χ3v) is 5.91. The molecule has 3 aromatic rings. The van der Waals surface area contributed by atoms with Crippen LogP contribution in [-0.4, -0.2) is 51.6 Å². The first-order valence-electron chi connectivity index (χ1n) is 9.35. The highest BCUT2D eigenvalue weighted by Gasteiger charge is 2.26. The molecular formula is C21H21FN4O6S. The van der Waals surface area contributed by atoms with Crippen molar-refractivity contribution in [1.82, 2.24) is 19.3 Å². The Morgan fingerprint density at radius 3 is 2.30 bits per heavy atom. The van der Waals surface area contributed by atoms with E-state index < -0.39 is 27.9 Å². The molecule has 33 heavy (non-hydrogen) atoms. The van der Waals surface area contributed by atoms with E-state index in [9.17, 15) is 22.4 Å². The van der Waals surface area contributed by atoms with Crippen molar-refractivity contribution in [3.63, 3.8) is 0 Å². The van der Waals surface area contributed by atoms with Gasteiger partial charge in [0.25, 0.3) is 10.0 Å². The fraction of sp³-hybridized carbons (Fsp3) is 0.143. The molecule has 174 valence electrons. The molecule has 0 bridgehead atoms. The normalized spacial score (nSPS) is 11.1. The summed E-state index contributed by atoms with van der Waals surface area (Å²) in [6.45, 7) is 2.22. The van der Waals surface area contributed by atoms with E-state index in [1.165, 1.54) is 36.9 Å². The van der Waals surface area contributed by atoms with E-state index in [-0.39, 0.29) is 16.2 Å². The van der Waals surface area contributed by atoms with Gasteiger partial charge in [0.1, 0.15) is 4.90 Å². The average Bonchev–Trinajstić information content (AvgIpc) is 3.11. The van der Waals surface area contributed by atoms with Crippen LogP contribution in [0.15, 0.2) is 66.1 Å². The molecule has 0 saturated heterocycles. The maximum absolute atomic E-state index is 14.3. The maximum Gasteiger partial charge on any atom is 0.328 e. The molecule has 12 heteroatoms. The van der Waals surface area contributed by atoms with Crippen LogP contribution in [0.5, 0.6) is 0 Å². The van der Waals surface area contributed by atoms with Crippen molar-refractivity contribution in [3.05, 3.63) is 78.3 Å². The molecule has 3 heterocycles. The second kappa shape index (κ2) is 11.1. The largest absolute Gasteiger partial charge is 0.478 e. The number of carboxylic acid groups (broad SMARTS) is 2. The molecule has 0 atom stereocenters. The van der Waals surface area contributed by atoms with E-state index in [0.29, 0.717) is 24.3 Å². The number of carbonyl (C=O) groups is 2. The van der Waals surface area contributed by atoms with Crippen molar-refractivity contribution in [2.75, 3.05) is 7.05 Å². The van der Waals surface area contributed by atoms with Gasteiger partial charge < -0.3 is 15.5 Å². The van der Waals surface area contributed by atoms with Crippen LogP contribution in [0.4, 0.5) is 4.39 Å². The smallest absolute Gasteiger partial charge is 0.328 e. The summed E-state index contributed by atoms with van der Waals surface area (Å²) in [5, 5.41) is 18.6. The Bertz CT molecular complexity index is 1260. The molecule has 10 nitrogen and oxygen atoms in total. The summed E-state index contributed by atoms with van der Waals surface area (Å²) >= 11 is 0. The van der Waals surface area contributed by atoms with Crippen LogP contribution >= 0.6 is 0 Å². The molecule has 0 aliphatic carbocycles. The molecule has 0 unspecified atom stereocenters. The van der Waals surface area contributed by atoms with E-state index in [1.54, 1.807) is 26.1 Å². The second-order valence-electron chi connectivity index (χ2n) is 6.50. The van der Waals surface area contributed by atoms with Gasteiger partial charge in [0.15, 0.2) is 0 Å². The summed E-state index contributed by atoms with van der Waals surface area (Å²) in [6.07, 6.45) is 6.71. The third-order valence-electron chi connectivity index (χ3n) is 4.27. The number of halogens is 1. The lowest BCUT2D eigenvalue weighted by molar-refractivity contribution is -0.134. The van der Waals surface area contributed by atoms with Crippen LogP contribution in [0.25, 0.3) is 11.3 Å². The van der Waals surface area contributed by atoms with E-state index in [4.69, 9.17) is 10.2 Å². The lowest BCUT2D eigenvalue weighted by Crippen LogP contribution is -2.14. The number of aromatic nitrogens is 3. The Morgan fingerprint density at radius 1 is 1.15 bits per heavy atom. The van der Waals surface area contributed by atoms with Crippen molar-refractivity contribution in [2.45, 2.75) is 18.4 Å². The van der Waals surface area contributed by atoms with Crippen molar-refractivity contribution >= 4 is 22.0 Å². The number of rotatable bonds is 7. The standard InChI is InChI=1S/C17H17FN4O2S.C4H4O4/c1-12-13(9-19-2)11-22(16(12)15-6-4-8-21-17(15)18)25(23,24)14-5-3-7-20-10-14;5-3(6)1-2-4(7)8/h3-8,10-11,19H,9H2,1-2H3;1-2H,(H,5,6)(H,7,8). The summed E-state index contributed by atoms with van der Waals surface area (Å²) in [5.41, 5.74) is 1.83. The summed E-state index contributed by atoms with van der Waals surface area (Å²) in [7, 11) is -2.16. The van der Waals surface area contributed by atoms with Crippen LogP contribution in [0.1, 0.15) is 11.1 Å². The number of nitrogens with zero attached hydrogens (tertiary/aromatic N) is 3. The average molecular weight is 476 g/mol. The van der Waals surface area contributed by atoms with Crippen LogP contribution in [0, 0.1) is 12.9 Å². The van der Waals surface area contributed by atoms with Crippen molar-refractivity contribution in [1.29, 1.82) is 0 Å². The molecule has 0 aliphatic rings. The molecule has 0 radical (unpaired) electrons. The molecule has 0 saturated carbocycles. The lowest BCUT2D eigenvalue weighted by atomic mass is 10.1. The van der Waals surface area contributed by atoms with E-state index in [1.807, 2.05) is 0 Å². The van der Waals surface area contributed by atoms with Gasteiger partial charge >= 0.3 is 11.9 Å². The zero-order valence-corrected chi connectivity index (χ0v) is 18.5. The number of hydrogen-bond acceptors (Lipinski definition) is 7. The molecule has 3 aromatic heterocycles. The monoisotopic (exact) mass is 476 g/mol. The van der Waals surface area contributed by atoms with E-state index in [2.05, 4.69) is 15.3 Å². The summed E-state index contributed by atoms with van der Waals surface area (Å²) in [6, 6.07) is 6.09. The molecule has 0 amide bonds. The molecule has 0 aromatic carbocycles. The molecule has 3 N–H and O–H groups in total. The lowest BCUT2D eigenvalue weighted by Gasteiger charge is -2.11. The molecule has 0 spiro atoms. The van der Waals surface area contributed by atoms with Gasteiger partial charge in [-0.15, -0.1) is 0 Å². The van der Waals surface area contributed by atoms with Gasteiger partial charge in [0, 0.05) is 43.5 Å². The minimum atomic E-state index is -3.92. The number of carboxylic acids is 2. The van der Waals surface area contributed by atoms with Crippen LogP contribution in [0.2, 0.25) is 0 Å². The van der Waals surface area contributed by atoms with E-state index >= 15 is 0 Å². The Kier molecular flexibility index (Phi) is 8.54. The van der Waals surface area contributed by atoms with Gasteiger partial charge in [-0.1, -0.05) is 0 Å². The van der Waals surface area contributed by atoms with Crippen LogP contribution < -0.4 is 5.32 Å². The van der Waals surface area contributed by atoms with E-state index in [0.717, 1.165) is 9.54 Å². The molecule has 0 fully saturated rings. The Labute approximate surface area is 189 Å². The van der Waals surface area contributed by atoms with Gasteiger partial charge in [-0.2, -0.15) is 4.39 Å². The number of aliphatic carboxylic acids is 2. The first-order valence-corrected chi connectivity index (χ1v) is 10.8. The Balaban J connectivity index is 0.000000414. The van der Waals surface area contributed by atoms with Crippen molar-refractivity contribution in [3.8, 4) is 11.3 Å². The first kappa shape index (κ1) is 25.4. The van der Waals surface area contributed by atoms with Crippen molar-refractivity contribution in [2.24, 2.45) is 0 Å². The quantitative estimate of drug-likeness (QED) is 0.344. The predicted molar refractivity (Wildman–Crippen MR) is 116 cm³/mol. The highest BCUT2D eigenvalue weighted by atomic mass is 32.2. The highest BCUT2D eigenvalue weighted by Crippen LogP contribution is 2.32. The molecule has 0 aliphatic heterocycles. The topological polar surface area (TPSA) is 151 Å². The minimum absolute atomic E-state index is 0.0338. The maximum atomic E-state index is 14.3. The van der Waals surface area contributed by atoms with Crippen LogP contribution in [-0.2, 0) is 26.2 Å². The predicted octanol–water partition coefficient (Wildman–Crippen LogP) is 2.06. The fourth-order valence-electron chi connectivity index (χ4n) is 2.82. The number of pyridine rings is 2. The van der Waals surface area contributed by atoms with Gasteiger partial charge in [-0.25, -0.2) is 27.0 Å². The molecule has 3 rings (SSSR count). The van der Waals surface area contributed by atoms with Crippen LogP contribution in [0.3, 0.4) is 0 Å². The Hall–Kier alpha value is -3.90. The summed E-state index contributed by atoms with van der Waals surface area (Å²) in [4.78, 5) is 26.7. The fourth-order valence-corrected chi connectivity index (χ4v) is 4.23. The van der Waals surface area contributed by atoms with Crippen molar-refractivity contribution < 1.29 is 32.6 Å². The highest BCUT2D eigenvalue weighted by molar-refractivity contribution is 7.90. The summed E-state index contributed by atoms with van der Waals surface area (Å²) < 4.78 is 41.5. The third kappa shape index (κ3) is 6.30. The summed E-state index contributed by atoms with van der Waals surface area (Å²) in [5.74, 6) is -3.23. The Morgan fingerprint density at radius 2 is 1.79 bits per heavy atom. The SMILES string of the molecule is CNCc1cn(S(=O)(=O)c2cccnc2)c(-c2cccnc2F)c1C.O=C(O)C=CC(=O)O. The molecular weight excluding hydrogens is 455 g/mol. The van der Waals surface area contributed by atoms with Gasteiger partial charge in [0.2, 0.25) is 5.95 Å². The second-order valence-corrected chi connectivity index (χ2v) is 8.31. The zero-order valence-electron chi connectivity index (χ0n) is 17.6. The number of hydrogen-bond donors (Lipinski definition) is 3.